The highest BCUT2D eigenvalue weighted by Crippen LogP contribution is 2.23. The molecule has 0 aliphatic carbocycles. The number of rotatable bonds is 5. The molecule has 0 saturated heterocycles. The zero-order chi connectivity index (χ0) is 17.7. The highest BCUT2D eigenvalue weighted by atomic mass is 19.3. The molecule has 0 aliphatic rings. The Morgan fingerprint density at radius 2 is 1.92 bits per heavy atom. The van der Waals surface area contributed by atoms with Crippen molar-refractivity contribution in [3.05, 3.63) is 58.9 Å². The molecule has 1 amide bonds. The summed E-state index contributed by atoms with van der Waals surface area (Å²) in [5.41, 5.74) is 2.43. The molecule has 0 fully saturated rings. The number of alkyl halides is 2. The fraction of sp³-hybridized carbons (Fsp3) is 0.235. The summed E-state index contributed by atoms with van der Waals surface area (Å²) in [5, 5.41) is 2.08. The van der Waals surface area contributed by atoms with Crippen LogP contribution in [0.1, 0.15) is 16.7 Å². The summed E-state index contributed by atoms with van der Waals surface area (Å²) in [6, 6.07) is 9.21. The van der Waals surface area contributed by atoms with Crippen molar-refractivity contribution in [2.45, 2.75) is 27.1 Å². The first kappa shape index (κ1) is 17.7. The molecule has 2 aromatic carbocycles. The first-order valence-electron chi connectivity index (χ1n) is 7.09. The number of carbonyl (C=O) groups excluding carboxylic acids is 1. The van der Waals surface area contributed by atoms with Gasteiger partial charge in [0.25, 0.3) is 0 Å². The van der Waals surface area contributed by atoms with E-state index in [4.69, 9.17) is 4.74 Å². The lowest BCUT2D eigenvalue weighted by molar-refractivity contribution is -0.0766. The fourth-order valence-electron chi connectivity index (χ4n) is 2.13. The Balaban J connectivity index is 2.13. The van der Waals surface area contributed by atoms with E-state index in [-0.39, 0.29) is 12.3 Å². The third-order valence-electron chi connectivity index (χ3n) is 3.22. The number of halogens is 3. The van der Waals surface area contributed by atoms with Gasteiger partial charge in [-0.2, -0.15) is 8.78 Å². The van der Waals surface area contributed by atoms with Crippen molar-refractivity contribution in [3.8, 4) is 5.75 Å². The molecule has 0 unspecified atom stereocenters. The number of carbonyl (C=O) groups is 1. The van der Waals surface area contributed by atoms with Crippen LogP contribution in [0.4, 0.5) is 23.7 Å². The second kappa shape index (κ2) is 7.72. The first-order valence-corrected chi connectivity index (χ1v) is 7.09. The quantitative estimate of drug-likeness (QED) is 0.852. The van der Waals surface area contributed by atoms with E-state index in [2.05, 4.69) is 10.1 Å². The number of benzene rings is 2. The molecule has 2 rings (SSSR count). The van der Waals surface area contributed by atoms with E-state index in [0.717, 1.165) is 17.2 Å². The van der Waals surface area contributed by atoms with E-state index in [1.807, 2.05) is 26.0 Å². The Morgan fingerprint density at radius 1 is 1.17 bits per heavy atom. The molecule has 128 valence electrons. The van der Waals surface area contributed by atoms with Gasteiger partial charge in [-0.25, -0.2) is 9.18 Å². The number of anilines is 1. The summed E-state index contributed by atoms with van der Waals surface area (Å²) in [6.07, 6.45) is -1.37. The summed E-state index contributed by atoms with van der Waals surface area (Å²) in [5.74, 6) is 0.00338. The predicted octanol–water partition coefficient (Wildman–Crippen LogP) is 4.79. The van der Waals surface area contributed by atoms with Gasteiger partial charge >= 0.3 is 12.7 Å². The van der Waals surface area contributed by atoms with Crippen LogP contribution in [-0.2, 0) is 11.3 Å². The summed E-state index contributed by atoms with van der Waals surface area (Å²) >= 11 is 0. The monoisotopic (exact) mass is 339 g/mol. The molecule has 7 heteroatoms. The lowest BCUT2D eigenvalue weighted by Gasteiger charge is -2.14. The van der Waals surface area contributed by atoms with Crippen molar-refractivity contribution in [1.82, 2.24) is 0 Å². The van der Waals surface area contributed by atoms with Gasteiger partial charge in [0.2, 0.25) is 0 Å². The Morgan fingerprint density at radius 3 is 2.58 bits per heavy atom. The molecule has 0 saturated carbocycles. The largest absolute Gasteiger partial charge is 0.489 e. The van der Waals surface area contributed by atoms with Gasteiger partial charge in [-0.05, 0) is 37.6 Å². The number of hydrogen-bond donors (Lipinski definition) is 1. The number of amides is 1. The van der Waals surface area contributed by atoms with Crippen LogP contribution in [0.5, 0.6) is 5.75 Å². The molecule has 0 atom stereocenters. The van der Waals surface area contributed by atoms with Gasteiger partial charge in [0.1, 0.15) is 18.2 Å². The predicted molar refractivity (Wildman–Crippen MR) is 82.8 cm³/mol. The van der Waals surface area contributed by atoms with Gasteiger partial charge in [0.15, 0.2) is 0 Å². The molecule has 0 aromatic heterocycles. The number of nitrogens with one attached hydrogen (secondary N) is 1. The van der Waals surface area contributed by atoms with Gasteiger partial charge in [0.05, 0.1) is 5.69 Å². The van der Waals surface area contributed by atoms with Crippen molar-refractivity contribution >= 4 is 11.8 Å². The van der Waals surface area contributed by atoms with E-state index < -0.39 is 18.5 Å². The molecule has 0 radical (unpaired) electrons. The van der Waals surface area contributed by atoms with Gasteiger partial charge in [0, 0.05) is 5.56 Å². The second-order valence-electron chi connectivity index (χ2n) is 5.15. The third-order valence-corrected chi connectivity index (χ3v) is 3.22. The summed E-state index contributed by atoms with van der Waals surface area (Å²) in [7, 11) is 0. The van der Waals surface area contributed by atoms with Gasteiger partial charge < -0.3 is 9.47 Å². The standard InChI is InChI=1S/C17H16F3NO3/c1-10-3-6-15(11(2)7-10)23-9-12-4-5-13(18)8-14(12)21-17(22)24-16(19)20/h3-8,16H,9H2,1-2H3,(H,21,22). The highest BCUT2D eigenvalue weighted by Gasteiger charge is 2.14. The zero-order valence-electron chi connectivity index (χ0n) is 13.1. The SMILES string of the molecule is Cc1ccc(OCc2ccc(F)cc2NC(=O)OC(F)F)c(C)c1. The third kappa shape index (κ3) is 4.91. The molecule has 0 heterocycles. The van der Waals surface area contributed by atoms with E-state index in [0.29, 0.717) is 11.3 Å². The number of aryl methyl sites for hydroxylation is 2. The number of hydrogen-bond acceptors (Lipinski definition) is 3. The van der Waals surface area contributed by atoms with E-state index in [9.17, 15) is 18.0 Å². The normalized spacial score (nSPS) is 10.6. The molecule has 1 N–H and O–H groups in total. The van der Waals surface area contributed by atoms with E-state index in [1.54, 1.807) is 6.07 Å². The van der Waals surface area contributed by atoms with Crippen molar-refractivity contribution in [1.29, 1.82) is 0 Å². The zero-order valence-corrected chi connectivity index (χ0v) is 13.1. The summed E-state index contributed by atoms with van der Waals surface area (Å²) in [6.45, 7) is 0.599. The fourth-order valence-corrected chi connectivity index (χ4v) is 2.13. The molecule has 4 nitrogen and oxygen atoms in total. The minimum Gasteiger partial charge on any atom is -0.489 e. The maximum atomic E-state index is 13.4. The lowest BCUT2D eigenvalue weighted by Crippen LogP contribution is -2.18. The average Bonchev–Trinajstić information content (AvgIpc) is 2.47. The second-order valence-corrected chi connectivity index (χ2v) is 5.15. The maximum Gasteiger partial charge on any atom is 0.416 e. The van der Waals surface area contributed by atoms with Crippen LogP contribution in [0.2, 0.25) is 0 Å². The van der Waals surface area contributed by atoms with Gasteiger partial charge in [-0.3, -0.25) is 5.32 Å². The van der Waals surface area contributed by atoms with E-state index in [1.165, 1.54) is 12.1 Å². The van der Waals surface area contributed by atoms with E-state index >= 15 is 0 Å². The van der Waals surface area contributed by atoms with Crippen molar-refractivity contribution < 1.29 is 27.4 Å². The number of ether oxygens (including phenoxy) is 2. The maximum absolute atomic E-state index is 13.4. The van der Waals surface area contributed by atoms with Crippen molar-refractivity contribution in [2.24, 2.45) is 0 Å². The van der Waals surface area contributed by atoms with Crippen LogP contribution in [0.25, 0.3) is 0 Å². The molecule has 0 spiro atoms. The Labute approximate surface area is 137 Å². The Bertz CT molecular complexity index is 735. The van der Waals surface area contributed by atoms with Crippen molar-refractivity contribution in [2.75, 3.05) is 5.32 Å². The van der Waals surface area contributed by atoms with Crippen molar-refractivity contribution in [3.63, 3.8) is 0 Å². The smallest absolute Gasteiger partial charge is 0.416 e. The summed E-state index contributed by atoms with van der Waals surface area (Å²) in [4.78, 5) is 11.3. The molecule has 0 aliphatic heterocycles. The minimum absolute atomic E-state index is 0.00501. The van der Waals surface area contributed by atoms with Crippen LogP contribution < -0.4 is 10.1 Å². The first-order chi connectivity index (χ1) is 11.3. The summed E-state index contributed by atoms with van der Waals surface area (Å²) < 4.78 is 46.8. The molecule has 2 aromatic rings. The lowest BCUT2D eigenvalue weighted by atomic mass is 10.1. The minimum atomic E-state index is -3.26. The molecular weight excluding hydrogens is 323 g/mol. The van der Waals surface area contributed by atoms with Gasteiger partial charge in [-0.1, -0.05) is 23.8 Å². The molecular formula is C17H16F3NO3. The Hall–Kier alpha value is -2.70. The topological polar surface area (TPSA) is 47.6 Å². The van der Waals surface area contributed by atoms with Crippen LogP contribution in [-0.4, -0.2) is 12.7 Å². The van der Waals surface area contributed by atoms with Crippen LogP contribution in [0.3, 0.4) is 0 Å². The molecule has 24 heavy (non-hydrogen) atoms. The van der Waals surface area contributed by atoms with Crippen LogP contribution in [0.15, 0.2) is 36.4 Å². The van der Waals surface area contributed by atoms with Gasteiger partial charge in [-0.15, -0.1) is 0 Å². The van der Waals surface area contributed by atoms with Crippen LogP contribution >= 0.6 is 0 Å². The average molecular weight is 339 g/mol. The highest BCUT2D eigenvalue weighted by molar-refractivity contribution is 5.85. The molecule has 0 bridgehead atoms. The van der Waals surface area contributed by atoms with Crippen LogP contribution in [0, 0.1) is 19.7 Å². The Kier molecular flexibility index (Phi) is 5.68.